The quantitative estimate of drug-likeness (QED) is 0.460. The molecule has 2 N–H and O–H groups in total. The van der Waals surface area contributed by atoms with Crippen molar-refractivity contribution in [1.29, 1.82) is 0 Å². The number of hydrogen-bond donors (Lipinski definition) is 2. The van der Waals surface area contributed by atoms with Gasteiger partial charge in [-0.3, -0.25) is 14.4 Å². The number of carbonyl (C=O) groups excluding carboxylic acids is 2. The first-order valence-electron chi connectivity index (χ1n) is 10.0. The van der Waals surface area contributed by atoms with Crippen molar-refractivity contribution in [3.63, 3.8) is 0 Å². The molecule has 1 aliphatic heterocycles. The fraction of sp³-hybridized carbons (Fsp3) is 0.318. The van der Waals surface area contributed by atoms with E-state index in [4.69, 9.17) is 4.74 Å². The van der Waals surface area contributed by atoms with Crippen LogP contribution in [0.25, 0.3) is 0 Å². The number of fused-ring (bicyclic) bond motifs is 1. The maximum absolute atomic E-state index is 13.8. The normalized spacial score (nSPS) is 15.2. The number of benzene rings is 1. The molecule has 0 spiro atoms. The highest BCUT2D eigenvalue weighted by atomic mass is 19.1. The van der Waals surface area contributed by atoms with Crippen molar-refractivity contribution >= 4 is 11.8 Å². The van der Waals surface area contributed by atoms with E-state index in [0.717, 1.165) is 6.20 Å². The van der Waals surface area contributed by atoms with Crippen molar-refractivity contribution in [2.75, 3.05) is 13.7 Å². The SMILES string of the molecule is C=COCCC[C@H]1Cn2cc(C(=O)NCc3c(F)cc(F)cc3F)c(=O)c(O)c2C(=O)N1C. The molecule has 2 heterocycles. The molecule has 0 saturated heterocycles. The van der Waals surface area contributed by atoms with Gasteiger partial charge >= 0.3 is 0 Å². The number of ether oxygens (including phenoxy) is 1. The summed E-state index contributed by atoms with van der Waals surface area (Å²) < 4.78 is 47.1. The number of hydrogen-bond acceptors (Lipinski definition) is 5. The lowest BCUT2D eigenvalue weighted by Gasteiger charge is -2.35. The predicted octanol–water partition coefficient (Wildman–Crippen LogP) is 2.30. The topological polar surface area (TPSA) is 101 Å². The standard InChI is InChI=1S/C22H22F3N3O5/c1-3-33-6-4-5-13-10-28-11-15(19(29)20(30)18(28)22(32)27(13)2)21(31)26-9-14-16(24)7-12(23)8-17(14)25/h3,7-8,11,13,30H,1,4-6,9-10H2,2H3,(H,26,31)/t13-/m0/s1. The van der Waals surface area contributed by atoms with Gasteiger partial charge in [-0.05, 0) is 12.8 Å². The highest BCUT2D eigenvalue weighted by molar-refractivity contribution is 5.99. The van der Waals surface area contributed by atoms with Crippen LogP contribution in [-0.2, 0) is 17.8 Å². The van der Waals surface area contributed by atoms with E-state index in [1.807, 2.05) is 0 Å². The lowest BCUT2D eigenvalue weighted by Crippen LogP contribution is -2.47. The van der Waals surface area contributed by atoms with Crippen LogP contribution < -0.4 is 10.7 Å². The highest BCUT2D eigenvalue weighted by Crippen LogP contribution is 2.24. The monoisotopic (exact) mass is 465 g/mol. The van der Waals surface area contributed by atoms with Crippen LogP contribution in [-0.4, -0.2) is 46.1 Å². The molecule has 11 heteroatoms. The molecular formula is C22H22F3N3O5. The Balaban J connectivity index is 1.84. The van der Waals surface area contributed by atoms with Crippen molar-refractivity contribution in [3.8, 4) is 5.75 Å². The van der Waals surface area contributed by atoms with Gasteiger partial charge in [-0.2, -0.15) is 0 Å². The Kier molecular flexibility index (Phi) is 7.10. The van der Waals surface area contributed by atoms with Crippen LogP contribution >= 0.6 is 0 Å². The molecule has 0 bridgehead atoms. The molecular weight excluding hydrogens is 443 g/mol. The second kappa shape index (κ2) is 9.80. The molecule has 0 saturated carbocycles. The molecule has 1 atom stereocenters. The Morgan fingerprint density at radius 2 is 1.97 bits per heavy atom. The second-order valence-electron chi connectivity index (χ2n) is 7.50. The number of likely N-dealkylation sites (N-methyl/N-ethyl adjacent to an activating group) is 1. The maximum Gasteiger partial charge on any atom is 0.274 e. The minimum Gasteiger partial charge on any atom is -0.503 e. The highest BCUT2D eigenvalue weighted by Gasteiger charge is 2.34. The lowest BCUT2D eigenvalue weighted by atomic mass is 10.0. The first kappa shape index (κ1) is 23.9. The smallest absolute Gasteiger partial charge is 0.274 e. The molecule has 0 fully saturated rings. The zero-order valence-corrected chi connectivity index (χ0v) is 17.7. The van der Waals surface area contributed by atoms with Gasteiger partial charge < -0.3 is 24.6 Å². The average molecular weight is 465 g/mol. The molecule has 0 radical (unpaired) electrons. The fourth-order valence-electron chi connectivity index (χ4n) is 3.64. The van der Waals surface area contributed by atoms with Gasteiger partial charge in [0.05, 0.1) is 12.9 Å². The molecule has 2 aromatic rings. The van der Waals surface area contributed by atoms with Crippen LogP contribution in [0.15, 0.2) is 36.0 Å². The molecule has 33 heavy (non-hydrogen) atoms. The number of aromatic hydroxyl groups is 1. The summed E-state index contributed by atoms with van der Waals surface area (Å²) in [6.07, 6.45) is 3.59. The van der Waals surface area contributed by atoms with Crippen LogP contribution in [0.3, 0.4) is 0 Å². The van der Waals surface area contributed by atoms with Gasteiger partial charge in [-0.1, -0.05) is 6.58 Å². The van der Waals surface area contributed by atoms with E-state index < -0.39 is 58.1 Å². The van der Waals surface area contributed by atoms with Crippen LogP contribution in [0.2, 0.25) is 0 Å². The summed E-state index contributed by atoms with van der Waals surface area (Å²) in [5.41, 5.74) is -2.46. The molecule has 0 unspecified atom stereocenters. The Bertz CT molecular complexity index is 1140. The van der Waals surface area contributed by atoms with Crippen molar-refractivity contribution in [2.45, 2.75) is 32.0 Å². The van der Waals surface area contributed by atoms with Gasteiger partial charge in [-0.25, -0.2) is 13.2 Å². The predicted molar refractivity (Wildman–Crippen MR) is 111 cm³/mol. The number of carbonyl (C=O) groups is 2. The number of amides is 2. The van der Waals surface area contributed by atoms with Crippen molar-refractivity contribution < 1.29 is 32.6 Å². The minimum atomic E-state index is -1.20. The van der Waals surface area contributed by atoms with E-state index in [0.29, 0.717) is 31.6 Å². The Morgan fingerprint density at radius 1 is 1.30 bits per heavy atom. The molecule has 1 aromatic heterocycles. The van der Waals surface area contributed by atoms with E-state index in [1.165, 1.54) is 15.7 Å². The van der Waals surface area contributed by atoms with Crippen molar-refractivity contribution in [1.82, 2.24) is 14.8 Å². The summed E-state index contributed by atoms with van der Waals surface area (Å²) in [6.45, 7) is 3.38. The summed E-state index contributed by atoms with van der Waals surface area (Å²) in [4.78, 5) is 39.2. The summed E-state index contributed by atoms with van der Waals surface area (Å²) in [7, 11) is 1.54. The number of pyridine rings is 1. The van der Waals surface area contributed by atoms with E-state index in [1.54, 1.807) is 7.05 Å². The van der Waals surface area contributed by atoms with Crippen molar-refractivity contribution in [2.24, 2.45) is 0 Å². The summed E-state index contributed by atoms with van der Waals surface area (Å²) in [5, 5.41) is 12.5. The third-order valence-electron chi connectivity index (χ3n) is 5.43. The molecule has 8 nitrogen and oxygen atoms in total. The third-order valence-corrected chi connectivity index (χ3v) is 5.43. The number of nitrogens with one attached hydrogen (secondary N) is 1. The zero-order valence-electron chi connectivity index (χ0n) is 17.7. The fourth-order valence-corrected chi connectivity index (χ4v) is 3.64. The number of aromatic nitrogens is 1. The minimum absolute atomic E-state index is 0.195. The summed E-state index contributed by atoms with van der Waals surface area (Å²) in [6, 6.07) is 0.637. The summed E-state index contributed by atoms with van der Waals surface area (Å²) >= 11 is 0. The molecule has 1 aromatic carbocycles. The molecule has 0 aliphatic carbocycles. The van der Waals surface area contributed by atoms with Crippen molar-refractivity contribution in [3.05, 3.63) is 75.7 Å². The van der Waals surface area contributed by atoms with Crippen LogP contribution in [0.1, 0.15) is 39.3 Å². The molecule has 2 amide bonds. The number of nitrogens with zero attached hydrogens (tertiary/aromatic N) is 2. The Labute approximate surface area is 186 Å². The molecule has 1 aliphatic rings. The number of rotatable bonds is 8. The van der Waals surface area contributed by atoms with E-state index in [9.17, 15) is 32.7 Å². The van der Waals surface area contributed by atoms with E-state index in [2.05, 4.69) is 11.9 Å². The Morgan fingerprint density at radius 3 is 2.61 bits per heavy atom. The Hall–Kier alpha value is -3.76. The van der Waals surface area contributed by atoms with Gasteiger partial charge in [-0.15, -0.1) is 0 Å². The van der Waals surface area contributed by atoms with Gasteiger partial charge in [0, 0.05) is 50.1 Å². The van der Waals surface area contributed by atoms with Crippen LogP contribution in [0, 0.1) is 17.5 Å². The van der Waals surface area contributed by atoms with Gasteiger partial charge in [0.15, 0.2) is 11.4 Å². The van der Waals surface area contributed by atoms with Gasteiger partial charge in [0.2, 0.25) is 5.43 Å². The average Bonchev–Trinajstić information content (AvgIpc) is 2.75. The second-order valence-corrected chi connectivity index (χ2v) is 7.50. The largest absolute Gasteiger partial charge is 0.503 e. The zero-order chi connectivity index (χ0) is 24.3. The van der Waals surface area contributed by atoms with Gasteiger partial charge in [0.25, 0.3) is 11.8 Å². The first-order chi connectivity index (χ1) is 15.6. The lowest BCUT2D eigenvalue weighted by molar-refractivity contribution is 0.0625. The molecule has 3 rings (SSSR count). The third kappa shape index (κ3) is 4.86. The van der Waals surface area contributed by atoms with Gasteiger partial charge in [0.1, 0.15) is 23.0 Å². The summed E-state index contributed by atoms with van der Waals surface area (Å²) in [5.74, 6) is -6.02. The van der Waals surface area contributed by atoms with E-state index >= 15 is 0 Å². The van der Waals surface area contributed by atoms with Crippen LogP contribution in [0.5, 0.6) is 5.75 Å². The first-order valence-corrected chi connectivity index (χ1v) is 10.0. The van der Waals surface area contributed by atoms with E-state index in [-0.39, 0.29) is 18.3 Å². The van der Waals surface area contributed by atoms with Crippen LogP contribution in [0.4, 0.5) is 13.2 Å². The molecule has 176 valence electrons. The number of halogens is 3. The maximum atomic E-state index is 13.8.